The Bertz CT molecular complexity index is 905. The fraction of sp³-hybridized carbons (Fsp3) is 0.300. The molecule has 1 atom stereocenters. The average Bonchev–Trinajstić information content (AvgIpc) is 3.19. The molecule has 0 spiro atoms. The summed E-state index contributed by atoms with van der Waals surface area (Å²) in [6, 6.07) is 14.0. The fourth-order valence-electron chi connectivity index (χ4n) is 3.47. The smallest absolute Gasteiger partial charge is 0.356 e. The van der Waals surface area contributed by atoms with Crippen LogP contribution in [-0.2, 0) is 6.18 Å². The zero-order valence-electron chi connectivity index (χ0n) is 14.6. The molecule has 140 valence electrons. The van der Waals surface area contributed by atoms with E-state index in [4.69, 9.17) is 0 Å². The lowest BCUT2D eigenvalue weighted by molar-refractivity contribution is -0.141. The Labute approximate surface area is 155 Å². The molecule has 1 aromatic carbocycles. The molecule has 2 aromatic heterocycles. The molecule has 4 nitrogen and oxygen atoms in total. The van der Waals surface area contributed by atoms with Crippen molar-refractivity contribution in [3.63, 3.8) is 0 Å². The number of alkyl halides is 3. The number of imidazole rings is 1. The van der Waals surface area contributed by atoms with Crippen LogP contribution in [0.25, 0.3) is 11.3 Å². The molecule has 1 aliphatic rings. The van der Waals surface area contributed by atoms with E-state index < -0.39 is 11.9 Å². The predicted octanol–water partition coefficient (Wildman–Crippen LogP) is 4.87. The van der Waals surface area contributed by atoms with Gasteiger partial charge in [0.25, 0.3) is 0 Å². The summed E-state index contributed by atoms with van der Waals surface area (Å²) in [6.45, 7) is 1.28. The van der Waals surface area contributed by atoms with Gasteiger partial charge in [0.15, 0.2) is 0 Å². The molecule has 0 aliphatic carbocycles. The van der Waals surface area contributed by atoms with Gasteiger partial charge < -0.3 is 9.88 Å². The number of nitrogens with zero attached hydrogens (tertiary/aromatic N) is 3. The first-order valence-electron chi connectivity index (χ1n) is 8.90. The molecular weight excluding hydrogens is 353 g/mol. The summed E-state index contributed by atoms with van der Waals surface area (Å²) in [4.78, 5) is 13.6. The molecule has 1 saturated heterocycles. The fourth-order valence-corrected chi connectivity index (χ4v) is 3.47. The number of nitrogens with one attached hydrogen (secondary N) is 1. The van der Waals surface area contributed by atoms with Crippen molar-refractivity contribution in [1.29, 1.82) is 0 Å². The summed E-state index contributed by atoms with van der Waals surface area (Å²) in [5, 5.41) is 0. The van der Waals surface area contributed by atoms with E-state index in [-0.39, 0.29) is 5.92 Å². The number of benzene rings is 1. The highest BCUT2D eigenvalue weighted by Crippen LogP contribution is 2.32. The molecule has 27 heavy (non-hydrogen) atoms. The molecule has 3 aromatic rings. The summed E-state index contributed by atoms with van der Waals surface area (Å²) in [6.07, 6.45) is -0.801. The number of hydrogen-bond donors (Lipinski definition) is 1. The summed E-state index contributed by atoms with van der Waals surface area (Å²) >= 11 is 0. The Kier molecular flexibility index (Phi) is 4.59. The highest BCUT2D eigenvalue weighted by Gasteiger charge is 2.33. The van der Waals surface area contributed by atoms with Crippen LogP contribution in [-0.4, -0.2) is 28.0 Å². The second kappa shape index (κ2) is 7.06. The van der Waals surface area contributed by atoms with Crippen molar-refractivity contribution < 1.29 is 13.2 Å². The average molecular weight is 372 g/mol. The normalized spacial score (nSPS) is 17.9. The van der Waals surface area contributed by atoms with Crippen molar-refractivity contribution in [1.82, 2.24) is 15.0 Å². The zero-order chi connectivity index (χ0) is 18.9. The Balaban J connectivity index is 1.53. The monoisotopic (exact) mass is 372 g/mol. The summed E-state index contributed by atoms with van der Waals surface area (Å²) < 4.78 is 38.8. The number of piperidine rings is 1. The van der Waals surface area contributed by atoms with Crippen LogP contribution in [0.5, 0.6) is 0 Å². The topological polar surface area (TPSA) is 44.8 Å². The largest absolute Gasteiger partial charge is 0.433 e. The minimum absolute atomic E-state index is 0.132. The van der Waals surface area contributed by atoms with E-state index in [1.54, 1.807) is 6.07 Å². The standard InChI is InChI=1S/C20H19F3N4/c21-20(22,23)17-9-4-10-18(26-17)27-11-5-8-15(13-27)19-24-12-16(25-19)14-6-2-1-3-7-14/h1-4,6-7,9-10,12,15H,5,8,11,13H2,(H,24,25). The molecule has 7 heteroatoms. The maximum Gasteiger partial charge on any atom is 0.433 e. The van der Waals surface area contributed by atoms with Gasteiger partial charge in [-0.25, -0.2) is 9.97 Å². The second-order valence-corrected chi connectivity index (χ2v) is 6.71. The lowest BCUT2D eigenvalue weighted by Crippen LogP contribution is -2.35. The molecule has 1 aliphatic heterocycles. The van der Waals surface area contributed by atoms with Gasteiger partial charge in [0.05, 0.1) is 11.9 Å². The Morgan fingerprint density at radius 1 is 1.04 bits per heavy atom. The van der Waals surface area contributed by atoms with E-state index in [0.717, 1.165) is 36.0 Å². The summed E-state index contributed by atoms with van der Waals surface area (Å²) in [5.74, 6) is 1.36. The van der Waals surface area contributed by atoms with E-state index in [0.29, 0.717) is 18.9 Å². The number of H-pyrrole nitrogens is 1. The maximum absolute atomic E-state index is 12.9. The maximum atomic E-state index is 12.9. The van der Waals surface area contributed by atoms with Gasteiger partial charge in [-0.05, 0) is 30.5 Å². The predicted molar refractivity (Wildman–Crippen MR) is 97.5 cm³/mol. The van der Waals surface area contributed by atoms with E-state index in [9.17, 15) is 13.2 Å². The van der Waals surface area contributed by atoms with Gasteiger partial charge in [0.2, 0.25) is 0 Å². The van der Waals surface area contributed by atoms with Gasteiger partial charge in [-0.3, -0.25) is 0 Å². The molecule has 3 heterocycles. The van der Waals surface area contributed by atoms with Gasteiger partial charge in [-0.1, -0.05) is 36.4 Å². The van der Waals surface area contributed by atoms with E-state index >= 15 is 0 Å². The third kappa shape index (κ3) is 3.82. The number of hydrogen-bond acceptors (Lipinski definition) is 3. The summed E-state index contributed by atoms with van der Waals surface area (Å²) in [7, 11) is 0. The van der Waals surface area contributed by atoms with Crippen molar-refractivity contribution in [2.24, 2.45) is 0 Å². The van der Waals surface area contributed by atoms with Crippen LogP contribution in [0.2, 0.25) is 0 Å². The molecule has 1 fully saturated rings. The van der Waals surface area contributed by atoms with Crippen molar-refractivity contribution >= 4 is 5.82 Å². The van der Waals surface area contributed by atoms with Gasteiger partial charge in [0.1, 0.15) is 17.3 Å². The number of halogens is 3. The van der Waals surface area contributed by atoms with E-state index in [2.05, 4.69) is 15.0 Å². The first-order valence-corrected chi connectivity index (χ1v) is 8.90. The van der Waals surface area contributed by atoms with Crippen LogP contribution in [0.3, 0.4) is 0 Å². The molecule has 0 saturated carbocycles. The van der Waals surface area contributed by atoms with Gasteiger partial charge in [0, 0.05) is 19.0 Å². The third-order valence-corrected chi connectivity index (χ3v) is 4.84. The first kappa shape index (κ1) is 17.6. The van der Waals surface area contributed by atoms with E-state index in [1.165, 1.54) is 6.07 Å². The second-order valence-electron chi connectivity index (χ2n) is 6.71. The Morgan fingerprint density at radius 2 is 1.85 bits per heavy atom. The van der Waals surface area contributed by atoms with Crippen LogP contribution < -0.4 is 4.90 Å². The van der Waals surface area contributed by atoms with Crippen LogP contribution in [0, 0.1) is 0 Å². The highest BCUT2D eigenvalue weighted by atomic mass is 19.4. The lowest BCUT2D eigenvalue weighted by Gasteiger charge is -2.33. The van der Waals surface area contributed by atoms with Crippen LogP contribution in [0.15, 0.2) is 54.7 Å². The van der Waals surface area contributed by atoms with Crippen molar-refractivity contribution in [2.45, 2.75) is 24.9 Å². The lowest BCUT2D eigenvalue weighted by atomic mass is 9.97. The van der Waals surface area contributed by atoms with Gasteiger partial charge in [-0.2, -0.15) is 13.2 Å². The Morgan fingerprint density at radius 3 is 2.63 bits per heavy atom. The van der Waals surface area contributed by atoms with Gasteiger partial charge >= 0.3 is 6.18 Å². The zero-order valence-corrected chi connectivity index (χ0v) is 14.6. The number of anilines is 1. The third-order valence-electron chi connectivity index (χ3n) is 4.84. The molecule has 4 rings (SSSR count). The van der Waals surface area contributed by atoms with Crippen LogP contribution in [0.1, 0.15) is 30.3 Å². The first-order chi connectivity index (χ1) is 13.0. The molecule has 1 unspecified atom stereocenters. The molecular formula is C20H19F3N4. The quantitative estimate of drug-likeness (QED) is 0.713. The highest BCUT2D eigenvalue weighted by molar-refractivity contribution is 5.58. The number of aromatic nitrogens is 3. The van der Waals surface area contributed by atoms with Crippen LogP contribution >= 0.6 is 0 Å². The molecule has 0 amide bonds. The van der Waals surface area contributed by atoms with Gasteiger partial charge in [-0.15, -0.1) is 0 Å². The number of rotatable bonds is 3. The molecule has 1 N–H and O–H groups in total. The number of pyridine rings is 1. The molecule has 0 bridgehead atoms. The van der Waals surface area contributed by atoms with Crippen molar-refractivity contribution in [2.75, 3.05) is 18.0 Å². The number of aromatic amines is 1. The summed E-state index contributed by atoms with van der Waals surface area (Å²) in [5.41, 5.74) is 1.15. The van der Waals surface area contributed by atoms with Crippen molar-refractivity contribution in [3.05, 3.63) is 66.2 Å². The SMILES string of the molecule is FC(F)(F)c1cccc(N2CCCC(c3ncc(-c4ccccc4)[nH]3)C2)n1. The van der Waals surface area contributed by atoms with E-state index in [1.807, 2.05) is 41.4 Å². The minimum atomic E-state index is -4.43. The molecule has 0 radical (unpaired) electrons. The van der Waals surface area contributed by atoms with Crippen molar-refractivity contribution in [3.8, 4) is 11.3 Å². The minimum Gasteiger partial charge on any atom is -0.356 e. The Hall–Kier alpha value is -2.83. The van der Waals surface area contributed by atoms with Crippen LogP contribution in [0.4, 0.5) is 19.0 Å².